The monoisotopic (exact) mass is 287 g/mol. The summed E-state index contributed by atoms with van der Waals surface area (Å²) in [6.45, 7) is 5.16. The van der Waals surface area contributed by atoms with Crippen LogP contribution >= 0.6 is 11.6 Å². The third-order valence-corrected chi connectivity index (χ3v) is 4.38. The van der Waals surface area contributed by atoms with E-state index in [-0.39, 0.29) is 5.38 Å². The van der Waals surface area contributed by atoms with Crippen LogP contribution in [0.15, 0.2) is 18.2 Å². The van der Waals surface area contributed by atoms with Crippen molar-refractivity contribution < 1.29 is 0 Å². The molecule has 0 spiro atoms. The van der Waals surface area contributed by atoms with Crippen molar-refractivity contribution in [1.29, 1.82) is 5.26 Å². The summed E-state index contributed by atoms with van der Waals surface area (Å²) in [7, 11) is 0. The number of aromatic nitrogens is 2. The number of hydrogen-bond donors (Lipinski definition) is 0. The Morgan fingerprint density at radius 1 is 1.45 bits per heavy atom. The number of halogens is 1. The molecule has 104 valence electrons. The third-order valence-electron chi connectivity index (χ3n) is 4.18. The molecule has 3 nitrogen and oxygen atoms in total. The van der Waals surface area contributed by atoms with Gasteiger partial charge in [-0.15, -0.1) is 11.6 Å². The van der Waals surface area contributed by atoms with Gasteiger partial charge in [-0.1, -0.05) is 13.0 Å². The minimum Gasteiger partial charge on any atom is -0.326 e. The molecule has 0 bridgehead atoms. The van der Waals surface area contributed by atoms with Gasteiger partial charge in [-0.05, 0) is 43.7 Å². The molecule has 4 heteroatoms. The predicted molar refractivity (Wildman–Crippen MR) is 80.6 cm³/mol. The topological polar surface area (TPSA) is 41.6 Å². The lowest BCUT2D eigenvalue weighted by Gasteiger charge is -2.15. The van der Waals surface area contributed by atoms with Crippen molar-refractivity contribution in [3.8, 4) is 6.07 Å². The van der Waals surface area contributed by atoms with E-state index < -0.39 is 0 Å². The van der Waals surface area contributed by atoms with E-state index >= 15 is 0 Å². The molecular formula is C16H18ClN3. The molecule has 0 saturated heterocycles. The van der Waals surface area contributed by atoms with E-state index in [2.05, 4.69) is 22.5 Å². The molecule has 0 N–H and O–H groups in total. The Hall–Kier alpha value is -1.53. The molecule has 2 unspecified atom stereocenters. The van der Waals surface area contributed by atoms with E-state index in [0.717, 1.165) is 29.3 Å². The lowest BCUT2D eigenvalue weighted by atomic mass is 10.1. The minimum absolute atomic E-state index is 0.152. The quantitative estimate of drug-likeness (QED) is 0.789. The van der Waals surface area contributed by atoms with Gasteiger partial charge in [0.15, 0.2) is 0 Å². The summed E-state index contributed by atoms with van der Waals surface area (Å²) in [5, 5.41) is 9.07. The van der Waals surface area contributed by atoms with Crippen LogP contribution < -0.4 is 0 Å². The van der Waals surface area contributed by atoms with Crippen LogP contribution in [0.3, 0.4) is 0 Å². The van der Waals surface area contributed by atoms with Crippen LogP contribution in [0.25, 0.3) is 11.0 Å². The van der Waals surface area contributed by atoms with Gasteiger partial charge < -0.3 is 4.57 Å². The maximum atomic E-state index is 9.22. The fourth-order valence-electron chi connectivity index (χ4n) is 2.85. The minimum atomic E-state index is -0.152. The first-order chi connectivity index (χ1) is 9.61. The summed E-state index contributed by atoms with van der Waals surface area (Å²) >= 11 is 6.29. The molecule has 1 fully saturated rings. The van der Waals surface area contributed by atoms with Crippen LogP contribution in [0.5, 0.6) is 0 Å². The molecule has 0 radical (unpaired) electrons. The maximum absolute atomic E-state index is 9.22. The Morgan fingerprint density at radius 3 is 2.80 bits per heavy atom. The second kappa shape index (κ2) is 5.10. The highest BCUT2D eigenvalue weighted by atomic mass is 35.5. The molecule has 1 heterocycles. The van der Waals surface area contributed by atoms with Crippen molar-refractivity contribution in [2.24, 2.45) is 11.8 Å². The summed E-state index contributed by atoms with van der Waals surface area (Å²) in [5.74, 6) is 2.34. The zero-order chi connectivity index (χ0) is 14.3. The van der Waals surface area contributed by atoms with Crippen molar-refractivity contribution in [1.82, 2.24) is 9.55 Å². The maximum Gasteiger partial charge on any atom is 0.127 e. The highest BCUT2D eigenvalue weighted by Crippen LogP contribution is 2.38. The van der Waals surface area contributed by atoms with Gasteiger partial charge in [0.1, 0.15) is 17.4 Å². The van der Waals surface area contributed by atoms with Gasteiger partial charge in [-0.25, -0.2) is 4.98 Å². The molecule has 1 aromatic carbocycles. The van der Waals surface area contributed by atoms with Crippen LogP contribution in [-0.2, 0) is 6.54 Å². The van der Waals surface area contributed by atoms with E-state index in [4.69, 9.17) is 11.6 Å². The Bertz CT molecular complexity index is 677. The molecule has 2 atom stereocenters. The van der Waals surface area contributed by atoms with Gasteiger partial charge in [0, 0.05) is 6.54 Å². The van der Waals surface area contributed by atoms with Crippen molar-refractivity contribution in [3.05, 3.63) is 29.6 Å². The van der Waals surface area contributed by atoms with Gasteiger partial charge in [0.2, 0.25) is 0 Å². The standard InChI is InChI=1S/C16H18ClN3/c1-10(12-6-7-12)9-20-14-5-3-4-13(8-18)15(14)19-16(20)11(2)17/h3-5,10-12H,6-7,9H2,1-2H3. The highest BCUT2D eigenvalue weighted by Gasteiger charge is 2.29. The molecule has 1 aromatic heterocycles. The number of alkyl halides is 1. The van der Waals surface area contributed by atoms with E-state index in [9.17, 15) is 5.26 Å². The van der Waals surface area contributed by atoms with Crippen molar-refractivity contribution in [3.63, 3.8) is 0 Å². The Balaban J connectivity index is 2.11. The fraction of sp³-hybridized carbons (Fsp3) is 0.500. The number of imidazole rings is 1. The average molecular weight is 288 g/mol. The van der Waals surface area contributed by atoms with Crippen molar-refractivity contribution in [2.75, 3.05) is 0 Å². The van der Waals surface area contributed by atoms with Crippen LogP contribution in [0.1, 0.15) is 43.5 Å². The van der Waals surface area contributed by atoms with E-state index in [1.54, 1.807) is 0 Å². The molecule has 0 aliphatic heterocycles. The van der Waals surface area contributed by atoms with Crippen LogP contribution in [-0.4, -0.2) is 9.55 Å². The normalized spacial score (nSPS) is 17.9. The van der Waals surface area contributed by atoms with Gasteiger partial charge in [0.05, 0.1) is 16.5 Å². The van der Waals surface area contributed by atoms with E-state index in [1.807, 2.05) is 25.1 Å². The van der Waals surface area contributed by atoms with Crippen molar-refractivity contribution >= 4 is 22.6 Å². The van der Waals surface area contributed by atoms with Crippen LogP contribution in [0.4, 0.5) is 0 Å². The third kappa shape index (κ3) is 2.29. The summed E-state index contributed by atoms with van der Waals surface area (Å²) in [5.41, 5.74) is 2.43. The zero-order valence-corrected chi connectivity index (χ0v) is 12.6. The molecule has 1 saturated carbocycles. The largest absolute Gasteiger partial charge is 0.326 e. The SMILES string of the molecule is CC(Cl)c1nc2c(C#N)cccc2n1CC(C)C1CC1. The van der Waals surface area contributed by atoms with Crippen LogP contribution in [0, 0.1) is 23.2 Å². The number of rotatable bonds is 4. The molecule has 2 aromatic rings. The second-order valence-electron chi connectivity index (χ2n) is 5.80. The molecular weight excluding hydrogens is 270 g/mol. The number of nitrogens with zero attached hydrogens (tertiary/aromatic N) is 3. The number of benzene rings is 1. The predicted octanol–water partition coefficient (Wildman–Crippen LogP) is 4.25. The molecule has 1 aliphatic carbocycles. The molecule has 3 rings (SSSR count). The number of hydrogen-bond acceptors (Lipinski definition) is 2. The first kappa shape index (κ1) is 13.5. The van der Waals surface area contributed by atoms with E-state index in [1.165, 1.54) is 12.8 Å². The Labute approximate surface area is 124 Å². The second-order valence-corrected chi connectivity index (χ2v) is 6.45. The average Bonchev–Trinajstić information content (AvgIpc) is 3.21. The van der Waals surface area contributed by atoms with Gasteiger partial charge in [0.25, 0.3) is 0 Å². The zero-order valence-electron chi connectivity index (χ0n) is 11.8. The van der Waals surface area contributed by atoms with Gasteiger partial charge in [-0.3, -0.25) is 0 Å². The van der Waals surface area contributed by atoms with E-state index in [0.29, 0.717) is 11.5 Å². The number of fused-ring (bicyclic) bond motifs is 1. The highest BCUT2D eigenvalue weighted by molar-refractivity contribution is 6.20. The first-order valence-corrected chi connectivity index (χ1v) is 7.58. The Kier molecular flexibility index (Phi) is 3.43. The first-order valence-electron chi connectivity index (χ1n) is 7.15. The molecule has 0 amide bonds. The number of nitriles is 1. The Morgan fingerprint density at radius 2 is 2.20 bits per heavy atom. The lowest BCUT2D eigenvalue weighted by molar-refractivity contribution is 0.428. The fourth-order valence-corrected chi connectivity index (χ4v) is 3.02. The summed E-state index contributed by atoms with van der Waals surface area (Å²) in [4.78, 5) is 4.62. The lowest BCUT2D eigenvalue weighted by Crippen LogP contribution is -2.12. The van der Waals surface area contributed by atoms with Gasteiger partial charge in [-0.2, -0.15) is 5.26 Å². The van der Waals surface area contributed by atoms with Crippen LogP contribution in [0.2, 0.25) is 0 Å². The summed E-state index contributed by atoms with van der Waals surface area (Å²) in [6.07, 6.45) is 2.67. The molecule has 1 aliphatic rings. The summed E-state index contributed by atoms with van der Waals surface area (Å²) < 4.78 is 2.21. The van der Waals surface area contributed by atoms with Crippen molar-refractivity contribution in [2.45, 2.75) is 38.6 Å². The summed E-state index contributed by atoms with van der Waals surface area (Å²) in [6, 6.07) is 7.98. The number of para-hydroxylation sites is 1. The molecule has 20 heavy (non-hydrogen) atoms. The van der Waals surface area contributed by atoms with Gasteiger partial charge >= 0.3 is 0 Å². The smallest absolute Gasteiger partial charge is 0.127 e.